The highest BCUT2D eigenvalue weighted by molar-refractivity contribution is 8.00. The van der Waals surface area contributed by atoms with Crippen LogP contribution in [0.5, 0.6) is 0 Å². The predicted molar refractivity (Wildman–Crippen MR) is 84.6 cm³/mol. The van der Waals surface area contributed by atoms with Gasteiger partial charge in [-0.3, -0.25) is 0 Å². The Hall–Kier alpha value is -0.440. The number of thioether (sulfide) groups is 1. The second-order valence-electron chi connectivity index (χ2n) is 7.76. The molecule has 0 aliphatic heterocycles. The van der Waals surface area contributed by atoms with Gasteiger partial charge in [0.25, 0.3) is 0 Å². The van der Waals surface area contributed by atoms with Gasteiger partial charge >= 0.3 is 0 Å². The molecule has 3 heteroatoms. The van der Waals surface area contributed by atoms with Crippen molar-refractivity contribution in [3.05, 3.63) is 18.2 Å². The molecule has 108 valence electrons. The van der Waals surface area contributed by atoms with Crippen molar-refractivity contribution in [1.29, 1.82) is 0 Å². The molecule has 1 fully saturated rings. The lowest BCUT2D eigenvalue weighted by molar-refractivity contribution is 0.309. The SMILES string of the molecule is CSC(C)(C)C1(C)C(C(C)(C)c2cnc[nH]2)C1(C)C. The number of nitrogens with one attached hydrogen (secondary N) is 1. The Morgan fingerprint density at radius 3 is 2.21 bits per heavy atom. The fraction of sp³-hybridized carbons (Fsp3) is 0.812. The first-order chi connectivity index (χ1) is 8.53. The minimum Gasteiger partial charge on any atom is -0.348 e. The van der Waals surface area contributed by atoms with Crippen LogP contribution in [0.15, 0.2) is 12.5 Å². The second kappa shape index (κ2) is 4.03. The highest BCUT2D eigenvalue weighted by Crippen LogP contribution is 2.79. The molecule has 0 amide bonds. The summed E-state index contributed by atoms with van der Waals surface area (Å²) in [4.78, 5) is 7.54. The quantitative estimate of drug-likeness (QED) is 0.880. The number of imidazole rings is 1. The number of H-pyrrole nitrogens is 1. The topological polar surface area (TPSA) is 28.7 Å². The maximum Gasteiger partial charge on any atom is 0.0921 e. The molecule has 1 heterocycles. The zero-order valence-electron chi connectivity index (χ0n) is 13.6. The summed E-state index contributed by atoms with van der Waals surface area (Å²) in [5, 5.41) is 0. The summed E-state index contributed by atoms with van der Waals surface area (Å²) in [6, 6.07) is 0. The van der Waals surface area contributed by atoms with Gasteiger partial charge < -0.3 is 4.98 Å². The van der Waals surface area contributed by atoms with Crippen molar-refractivity contribution in [2.24, 2.45) is 16.7 Å². The minimum atomic E-state index is 0.127. The molecule has 2 atom stereocenters. The number of nitrogens with zero attached hydrogens (tertiary/aromatic N) is 1. The molecule has 1 N–H and O–H groups in total. The third kappa shape index (κ3) is 1.73. The van der Waals surface area contributed by atoms with Crippen LogP contribution in [0, 0.1) is 16.7 Å². The van der Waals surface area contributed by atoms with E-state index in [9.17, 15) is 0 Å². The number of aromatic amines is 1. The molecule has 1 aromatic heterocycles. The molecular formula is C16H28N2S. The van der Waals surface area contributed by atoms with E-state index in [1.807, 2.05) is 18.0 Å². The Morgan fingerprint density at radius 2 is 1.79 bits per heavy atom. The summed E-state index contributed by atoms with van der Waals surface area (Å²) in [7, 11) is 0. The Balaban J connectivity index is 2.43. The normalized spacial score (nSPS) is 30.4. The van der Waals surface area contributed by atoms with E-state index in [2.05, 4.69) is 64.7 Å². The number of rotatable bonds is 4. The van der Waals surface area contributed by atoms with Gasteiger partial charge in [0.05, 0.1) is 6.33 Å². The standard InChI is InChI=1S/C16H28N2S/c1-13(2,11-9-17-10-18-11)12-14(3,4)16(12,7)15(5,6)19-8/h9-10,12H,1-8H3,(H,17,18). The molecule has 1 aliphatic rings. The second-order valence-corrected chi connectivity index (χ2v) is 9.19. The summed E-state index contributed by atoms with van der Waals surface area (Å²) >= 11 is 1.99. The Morgan fingerprint density at radius 1 is 1.21 bits per heavy atom. The summed E-state index contributed by atoms with van der Waals surface area (Å²) in [6.45, 7) is 16.8. The third-order valence-electron chi connectivity index (χ3n) is 6.23. The first-order valence-electron chi connectivity index (χ1n) is 7.07. The smallest absolute Gasteiger partial charge is 0.0921 e. The van der Waals surface area contributed by atoms with E-state index in [1.165, 1.54) is 5.69 Å². The van der Waals surface area contributed by atoms with Crippen LogP contribution in [0.3, 0.4) is 0 Å². The molecule has 0 radical (unpaired) electrons. The summed E-state index contributed by atoms with van der Waals surface area (Å²) in [5.41, 5.74) is 2.05. The van der Waals surface area contributed by atoms with E-state index in [-0.39, 0.29) is 10.2 Å². The summed E-state index contributed by atoms with van der Waals surface area (Å²) < 4.78 is 0.276. The Bertz CT molecular complexity index is 459. The van der Waals surface area contributed by atoms with Crippen LogP contribution in [-0.2, 0) is 5.41 Å². The van der Waals surface area contributed by atoms with E-state index in [0.717, 1.165) is 0 Å². The molecule has 0 saturated heterocycles. The van der Waals surface area contributed by atoms with Gasteiger partial charge in [-0.05, 0) is 23.0 Å². The number of hydrogen-bond acceptors (Lipinski definition) is 2. The maximum absolute atomic E-state index is 4.22. The number of aromatic nitrogens is 2. The average molecular weight is 280 g/mol. The van der Waals surface area contributed by atoms with Crippen molar-refractivity contribution in [2.45, 2.75) is 58.6 Å². The van der Waals surface area contributed by atoms with Gasteiger partial charge in [0, 0.05) is 22.1 Å². The van der Waals surface area contributed by atoms with E-state index in [0.29, 0.717) is 16.7 Å². The van der Waals surface area contributed by atoms with Crippen LogP contribution >= 0.6 is 11.8 Å². The zero-order chi connectivity index (χ0) is 14.7. The first kappa shape index (κ1) is 15.0. The van der Waals surface area contributed by atoms with Crippen molar-refractivity contribution in [3.63, 3.8) is 0 Å². The minimum absolute atomic E-state index is 0.127. The van der Waals surface area contributed by atoms with Gasteiger partial charge in [-0.25, -0.2) is 4.98 Å². The average Bonchev–Trinajstić information content (AvgIpc) is 2.75. The molecule has 2 rings (SSSR count). The van der Waals surface area contributed by atoms with Gasteiger partial charge in [-0.15, -0.1) is 0 Å². The van der Waals surface area contributed by atoms with Crippen LogP contribution in [-0.4, -0.2) is 21.0 Å². The van der Waals surface area contributed by atoms with Crippen molar-refractivity contribution >= 4 is 11.8 Å². The lowest BCUT2D eigenvalue weighted by atomic mass is 9.77. The molecule has 1 saturated carbocycles. The van der Waals surface area contributed by atoms with E-state index in [1.54, 1.807) is 6.33 Å². The Kier molecular flexibility index (Phi) is 3.17. The molecule has 0 spiro atoms. The Labute approximate surface area is 122 Å². The molecular weight excluding hydrogens is 252 g/mol. The summed E-state index contributed by atoms with van der Waals surface area (Å²) in [6.07, 6.45) is 6.02. The van der Waals surface area contributed by atoms with E-state index < -0.39 is 0 Å². The molecule has 1 aliphatic carbocycles. The van der Waals surface area contributed by atoms with E-state index >= 15 is 0 Å². The van der Waals surface area contributed by atoms with Gasteiger partial charge in [-0.2, -0.15) is 11.8 Å². The van der Waals surface area contributed by atoms with Crippen molar-refractivity contribution < 1.29 is 0 Å². The van der Waals surface area contributed by atoms with Gasteiger partial charge in [0.2, 0.25) is 0 Å². The lowest BCUT2D eigenvalue weighted by Gasteiger charge is -2.36. The third-order valence-corrected chi connectivity index (χ3v) is 7.67. The molecule has 0 bridgehead atoms. The molecule has 19 heavy (non-hydrogen) atoms. The molecule has 2 nitrogen and oxygen atoms in total. The van der Waals surface area contributed by atoms with Crippen molar-refractivity contribution in [2.75, 3.05) is 6.26 Å². The van der Waals surface area contributed by atoms with Gasteiger partial charge in [-0.1, -0.05) is 48.5 Å². The largest absolute Gasteiger partial charge is 0.348 e. The highest BCUT2D eigenvalue weighted by atomic mass is 32.2. The molecule has 2 unspecified atom stereocenters. The first-order valence-corrected chi connectivity index (χ1v) is 8.30. The van der Waals surface area contributed by atoms with Gasteiger partial charge in [0.1, 0.15) is 0 Å². The maximum atomic E-state index is 4.22. The zero-order valence-corrected chi connectivity index (χ0v) is 14.4. The van der Waals surface area contributed by atoms with Crippen molar-refractivity contribution in [3.8, 4) is 0 Å². The van der Waals surface area contributed by atoms with Crippen LogP contribution in [0.2, 0.25) is 0 Å². The number of hydrogen-bond donors (Lipinski definition) is 1. The highest BCUT2D eigenvalue weighted by Gasteiger charge is 2.77. The summed E-state index contributed by atoms with van der Waals surface area (Å²) in [5.74, 6) is 0.649. The monoisotopic (exact) mass is 280 g/mol. The van der Waals surface area contributed by atoms with Gasteiger partial charge in [0.15, 0.2) is 0 Å². The fourth-order valence-electron chi connectivity index (χ4n) is 4.70. The fourth-order valence-corrected chi connectivity index (χ4v) is 5.51. The van der Waals surface area contributed by atoms with E-state index in [4.69, 9.17) is 0 Å². The van der Waals surface area contributed by atoms with Crippen LogP contribution in [0.1, 0.15) is 54.2 Å². The lowest BCUT2D eigenvalue weighted by Crippen LogP contribution is -2.34. The van der Waals surface area contributed by atoms with Crippen LogP contribution in [0.4, 0.5) is 0 Å². The van der Waals surface area contributed by atoms with Crippen LogP contribution < -0.4 is 0 Å². The van der Waals surface area contributed by atoms with Crippen molar-refractivity contribution in [1.82, 2.24) is 9.97 Å². The molecule has 0 aromatic carbocycles. The van der Waals surface area contributed by atoms with Crippen LogP contribution in [0.25, 0.3) is 0 Å². The predicted octanol–water partition coefficient (Wildman–Crippen LogP) is 4.49. The molecule has 1 aromatic rings.